The highest BCUT2D eigenvalue weighted by molar-refractivity contribution is 5.85. The fourth-order valence-electron chi connectivity index (χ4n) is 1.79. The van der Waals surface area contributed by atoms with Gasteiger partial charge in [0.2, 0.25) is 0 Å². The van der Waals surface area contributed by atoms with Crippen LogP contribution in [0, 0.1) is 10.1 Å². The number of ether oxygens (including phenoxy) is 1. The lowest BCUT2D eigenvalue weighted by Crippen LogP contribution is -2.00. The average molecular weight is 362 g/mol. The Morgan fingerprint density at radius 3 is 2.58 bits per heavy atom. The molecular weight excluding hydrogens is 344 g/mol. The molecule has 0 fully saturated rings. The Labute approximate surface area is 149 Å². The summed E-state index contributed by atoms with van der Waals surface area (Å²) in [5.41, 5.74) is 7.30. The molecular formula is C17H18N2O7. The first-order chi connectivity index (χ1) is 12.3. The number of phenols is 1. The van der Waals surface area contributed by atoms with E-state index in [9.17, 15) is 20.0 Å². The van der Waals surface area contributed by atoms with Crippen molar-refractivity contribution in [2.24, 2.45) is 0 Å². The van der Waals surface area contributed by atoms with Crippen molar-refractivity contribution >= 4 is 17.7 Å². The van der Waals surface area contributed by atoms with Gasteiger partial charge in [0.15, 0.2) is 11.5 Å². The highest BCUT2D eigenvalue weighted by Gasteiger charge is 2.00. The molecule has 0 atom stereocenters. The van der Waals surface area contributed by atoms with Crippen LogP contribution in [-0.2, 0) is 16.2 Å². The van der Waals surface area contributed by atoms with Crippen LogP contribution < -0.4 is 10.5 Å². The number of methoxy groups -OCH3 is 1. The van der Waals surface area contributed by atoms with Crippen LogP contribution in [0.15, 0.2) is 48.5 Å². The number of aromatic hydroxyl groups is 1. The van der Waals surface area contributed by atoms with E-state index in [2.05, 4.69) is 4.84 Å². The Balaban J connectivity index is 0.000000263. The molecule has 2 rings (SSSR count). The van der Waals surface area contributed by atoms with E-state index < -0.39 is 11.1 Å². The summed E-state index contributed by atoms with van der Waals surface area (Å²) in [6.45, 7) is -0.0575. The van der Waals surface area contributed by atoms with E-state index in [-0.39, 0.29) is 12.4 Å². The first-order valence-electron chi connectivity index (χ1n) is 7.21. The first-order valence-corrected chi connectivity index (χ1v) is 7.21. The fourth-order valence-corrected chi connectivity index (χ4v) is 1.79. The third kappa shape index (κ3) is 7.68. The van der Waals surface area contributed by atoms with E-state index in [0.717, 1.165) is 6.08 Å². The lowest BCUT2D eigenvalue weighted by molar-refractivity contribution is -0.763. The van der Waals surface area contributed by atoms with Gasteiger partial charge in [-0.3, -0.25) is 0 Å². The monoisotopic (exact) mass is 362 g/mol. The van der Waals surface area contributed by atoms with Gasteiger partial charge in [0, 0.05) is 11.8 Å². The number of rotatable bonds is 6. The Morgan fingerprint density at radius 2 is 2.04 bits per heavy atom. The van der Waals surface area contributed by atoms with Crippen molar-refractivity contribution in [1.29, 1.82) is 0 Å². The van der Waals surface area contributed by atoms with E-state index in [1.807, 2.05) is 0 Å². The molecule has 0 aliphatic carbocycles. The molecule has 0 amide bonds. The number of carboxylic acid groups (broad SMARTS) is 1. The van der Waals surface area contributed by atoms with E-state index >= 15 is 0 Å². The largest absolute Gasteiger partial charge is 0.504 e. The maximum Gasteiger partial charge on any atom is 0.328 e. The van der Waals surface area contributed by atoms with Gasteiger partial charge < -0.3 is 25.5 Å². The van der Waals surface area contributed by atoms with Crippen molar-refractivity contribution in [2.75, 3.05) is 12.8 Å². The Kier molecular flexibility index (Phi) is 7.95. The summed E-state index contributed by atoms with van der Waals surface area (Å²) in [7, 11) is 1.45. The molecule has 2 aromatic carbocycles. The van der Waals surface area contributed by atoms with Gasteiger partial charge >= 0.3 is 5.97 Å². The van der Waals surface area contributed by atoms with Gasteiger partial charge in [-0.1, -0.05) is 18.2 Å². The van der Waals surface area contributed by atoms with Crippen LogP contribution in [0.4, 0.5) is 5.69 Å². The SMILES string of the molecule is COc1ccc(C=CC(=O)O)cc1O.Nc1cccc(CO[N+](=O)[O-])c1. The zero-order valence-corrected chi connectivity index (χ0v) is 13.9. The first kappa shape index (κ1) is 20.3. The highest BCUT2D eigenvalue weighted by Crippen LogP contribution is 2.26. The molecule has 4 N–H and O–H groups in total. The molecule has 0 saturated heterocycles. The van der Waals surface area contributed by atoms with Gasteiger partial charge in [-0.05, 0) is 41.5 Å². The molecule has 26 heavy (non-hydrogen) atoms. The summed E-state index contributed by atoms with van der Waals surface area (Å²) >= 11 is 0. The van der Waals surface area contributed by atoms with Crippen LogP contribution in [0.1, 0.15) is 11.1 Å². The minimum Gasteiger partial charge on any atom is -0.504 e. The number of benzene rings is 2. The number of anilines is 1. The molecule has 0 unspecified atom stereocenters. The summed E-state index contributed by atoms with van der Waals surface area (Å²) in [6, 6.07) is 11.4. The Morgan fingerprint density at radius 1 is 1.31 bits per heavy atom. The number of carboxylic acids is 1. The van der Waals surface area contributed by atoms with Crippen molar-refractivity contribution in [3.63, 3.8) is 0 Å². The second kappa shape index (κ2) is 10.2. The molecule has 0 saturated carbocycles. The van der Waals surface area contributed by atoms with Crippen LogP contribution in [0.5, 0.6) is 11.5 Å². The van der Waals surface area contributed by atoms with Crippen molar-refractivity contribution in [2.45, 2.75) is 6.61 Å². The lowest BCUT2D eigenvalue weighted by atomic mass is 10.2. The molecule has 0 aromatic heterocycles. The molecule has 0 radical (unpaired) electrons. The lowest BCUT2D eigenvalue weighted by Gasteiger charge is -2.02. The van der Waals surface area contributed by atoms with Crippen molar-refractivity contribution in [3.05, 3.63) is 69.8 Å². The molecule has 138 valence electrons. The van der Waals surface area contributed by atoms with E-state index in [4.69, 9.17) is 15.6 Å². The fraction of sp³-hybridized carbons (Fsp3) is 0.118. The molecule has 9 heteroatoms. The number of nitrogens with zero attached hydrogens (tertiary/aromatic N) is 1. The second-order valence-electron chi connectivity index (χ2n) is 4.84. The summed E-state index contributed by atoms with van der Waals surface area (Å²) in [6.07, 6.45) is 2.39. The number of hydrogen-bond donors (Lipinski definition) is 3. The van der Waals surface area contributed by atoms with Crippen LogP contribution in [-0.4, -0.2) is 28.4 Å². The normalized spacial score (nSPS) is 9.88. The van der Waals surface area contributed by atoms with Gasteiger partial charge in [0.25, 0.3) is 5.09 Å². The molecule has 0 aliphatic heterocycles. The number of aliphatic carboxylic acids is 1. The molecule has 0 bridgehead atoms. The molecule has 2 aromatic rings. The summed E-state index contributed by atoms with van der Waals surface area (Å²) < 4.78 is 4.84. The van der Waals surface area contributed by atoms with Crippen LogP contribution in [0.2, 0.25) is 0 Å². The van der Waals surface area contributed by atoms with Gasteiger partial charge in [-0.2, -0.15) is 0 Å². The number of phenolic OH excluding ortho intramolecular Hbond substituents is 1. The Hall–Kier alpha value is -3.75. The van der Waals surface area contributed by atoms with Crippen molar-refractivity contribution < 1.29 is 29.7 Å². The van der Waals surface area contributed by atoms with Gasteiger partial charge in [-0.25, -0.2) is 4.79 Å². The van der Waals surface area contributed by atoms with Crippen LogP contribution >= 0.6 is 0 Å². The van der Waals surface area contributed by atoms with Crippen LogP contribution in [0.3, 0.4) is 0 Å². The highest BCUT2D eigenvalue weighted by atomic mass is 16.9. The predicted molar refractivity (Wildman–Crippen MR) is 94.0 cm³/mol. The minimum atomic E-state index is -1.03. The third-order valence-electron chi connectivity index (χ3n) is 2.91. The quantitative estimate of drug-likeness (QED) is 0.307. The summed E-state index contributed by atoms with van der Waals surface area (Å²) in [5.74, 6) is -0.683. The standard InChI is InChI=1S/C10H10O4.C7H8N2O3/c1-14-9-4-2-7(6-8(9)11)3-5-10(12)13;8-7-3-1-2-6(4-7)5-12-9(10)11/h2-6,11H,1H3,(H,12,13);1-4H,5,8H2. The molecule has 0 spiro atoms. The van der Waals surface area contributed by atoms with E-state index in [0.29, 0.717) is 22.6 Å². The number of hydrogen-bond acceptors (Lipinski definition) is 7. The minimum absolute atomic E-state index is 0.0139. The zero-order valence-electron chi connectivity index (χ0n) is 13.9. The van der Waals surface area contributed by atoms with Gasteiger partial charge in [0.1, 0.15) is 6.61 Å². The average Bonchev–Trinajstić information content (AvgIpc) is 2.59. The number of nitrogen functional groups attached to an aromatic ring is 1. The topological polar surface area (TPSA) is 145 Å². The number of carbonyl (C=O) groups is 1. The maximum absolute atomic E-state index is 10.2. The zero-order chi connectivity index (χ0) is 19.5. The van der Waals surface area contributed by atoms with Crippen molar-refractivity contribution in [3.8, 4) is 11.5 Å². The molecule has 0 aliphatic rings. The molecule has 0 heterocycles. The number of nitrogens with two attached hydrogens (primary N) is 1. The Bertz CT molecular complexity index is 790. The third-order valence-corrected chi connectivity index (χ3v) is 2.91. The van der Waals surface area contributed by atoms with E-state index in [1.54, 1.807) is 36.4 Å². The van der Waals surface area contributed by atoms with Crippen LogP contribution in [0.25, 0.3) is 6.08 Å². The summed E-state index contributed by atoms with van der Waals surface area (Å²) in [4.78, 5) is 24.2. The smallest absolute Gasteiger partial charge is 0.328 e. The van der Waals surface area contributed by atoms with Crippen molar-refractivity contribution in [1.82, 2.24) is 0 Å². The van der Waals surface area contributed by atoms with Gasteiger partial charge in [-0.15, -0.1) is 10.1 Å². The molecule has 9 nitrogen and oxygen atoms in total. The van der Waals surface area contributed by atoms with Gasteiger partial charge in [0.05, 0.1) is 7.11 Å². The predicted octanol–water partition coefficient (Wildman–Crippen LogP) is 2.48. The summed E-state index contributed by atoms with van der Waals surface area (Å²) in [5, 5.41) is 26.7. The maximum atomic E-state index is 10.2. The second-order valence-corrected chi connectivity index (χ2v) is 4.84. The van der Waals surface area contributed by atoms with E-state index in [1.165, 1.54) is 19.3 Å².